The third-order valence-electron chi connectivity index (χ3n) is 5.76. The van der Waals surface area contributed by atoms with Crippen LogP contribution < -0.4 is 5.32 Å². The van der Waals surface area contributed by atoms with E-state index >= 15 is 0 Å². The Kier molecular flexibility index (Phi) is 4.13. The van der Waals surface area contributed by atoms with E-state index in [1.165, 1.54) is 18.2 Å². The molecule has 1 saturated heterocycles. The Morgan fingerprint density at radius 1 is 1.16 bits per heavy atom. The third kappa shape index (κ3) is 3.66. The van der Waals surface area contributed by atoms with E-state index in [4.69, 9.17) is 5.48 Å². The Hall–Kier alpha value is -3.54. The van der Waals surface area contributed by atoms with Gasteiger partial charge in [-0.25, -0.2) is 9.37 Å². The van der Waals surface area contributed by atoms with Crippen molar-refractivity contribution in [1.82, 2.24) is 15.2 Å². The minimum Gasteiger partial charge on any atom is -0.346 e. The lowest BCUT2D eigenvalue weighted by Gasteiger charge is -2.15. The van der Waals surface area contributed by atoms with E-state index in [1.54, 1.807) is 37.3 Å². The van der Waals surface area contributed by atoms with Crippen LogP contribution in [0.4, 0.5) is 4.39 Å². The van der Waals surface area contributed by atoms with Crippen molar-refractivity contribution in [2.24, 2.45) is 0 Å². The largest absolute Gasteiger partial charge is 0.346 e. The normalized spacial score (nSPS) is 20.1. The van der Waals surface area contributed by atoms with Gasteiger partial charge in [0.1, 0.15) is 5.82 Å². The Morgan fingerprint density at radius 2 is 1.91 bits per heavy atom. The Bertz CT molecular complexity index is 1360. The van der Waals surface area contributed by atoms with E-state index in [0.29, 0.717) is 39.4 Å². The summed E-state index contributed by atoms with van der Waals surface area (Å²) in [6, 6.07) is 13.0. The van der Waals surface area contributed by atoms with E-state index in [9.17, 15) is 14.0 Å². The van der Waals surface area contributed by atoms with Gasteiger partial charge in [-0.15, -0.1) is 0 Å². The van der Waals surface area contributed by atoms with Gasteiger partial charge in [0.25, 0.3) is 11.8 Å². The van der Waals surface area contributed by atoms with Gasteiger partial charge >= 0.3 is 0 Å². The van der Waals surface area contributed by atoms with E-state index in [2.05, 4.69) is 10.3 Å². The topological polar surface area (TPSA) is 62.3 Å². The van der Waals surface area contributed by atoms with Gasteiger partial charge in [-0.1, -0.05) is 24.3 Å². The van der Waals surface area contributed by atoms with Crippen molar-refractivity contribution in [2.75, 3.05) is 13.0 Å². The highest BCUT2D eigenvalue weighted by Crippen LogP contribution is 2.30. The minimum absolute atomic E-state index is 0.0666. The number of carbonyl (C=O) groups is 2. The molecule has 2 aliphatic heterocycles. The van der Waals surface area contributed by atoms with Crippen LogP contribution >= 0.6 is 0 Å². The molecule has 0 spiro atoms. The lowest BCUT2D eigenvalue weighted by Crippen LogP contribution is -2.27. The first-order valence-corrected chi connectivity index (χ1v) is 10.5. The Balaban J connectivity index is 1.47. The van der Waals surface area contributed by atoms with E-state index in [-0.39, 0.29) is 30.9 Å². The molecule has 0 bridgehead atoms. The number of aryl methyl sites for hydroxylation is 1. The van der Waals surface area contributed by atoms with Crippen LogP contribution in [-0.4, -0.2) is 34.7 Å². The van der Waals surface area contributed by atoms with Gasteiger partial charge in [-0.3, -0.25) is 9.59 Å². The number of carbonyl (C=O) groups excluding carboxylic acids is 2. The van der Waals surface area contributed by atoms with Crippen LogP contribution in [0.1, 0.15) is 61.4 Å². The highest BCUT2D eigenvalue weighted by atomic mass is 19.1. The predicted molar refractivity (Wildman–Crippen MR) is 120 cm³/mol. The number of aromatic nitrogens is 1. The maximum atomic E-state index is 14.7. The predicted octanol–water partition coefficient (Wildman–Crippen LogP) is 4.27. The van der Waals surface area contributed by atoms with Gasteiger partial charge in [-0.05, 0) is 67.1 Å². The number of pyridine rings is 1. The first-order valence-electron chi connectivity index (χ1n) is 12.5. The van der Waals surface area contributed by atoms with Crippen LogP contribution in [0.15, 0.2) is 48.5 Å². The first-order chi connectivity index (χ1) is 17.0. The molecule has 3 aromatic rings. The molecule has 6 heteroatoms. The molecule has 0 radical (unpaired) electrons. The van der Waals surface area contributed by atoms with Gasteiger partial charge < -0.3 is 10.2 Å². The van der Waals surface area contributed by atoms with Gasteiger partial charge in [0.2, 0.25) is 0 Å². The molecule has 1 aromatic heterocycles. The summed E-state index contributed by atoms with van der Waals surface area (Å²) >= 11 is 0. The minimum atomic E-state index is -2.06. The highest BCUT2D eigenvalue weighted by Gasteiger charge is 2.26. The van der Waals surface area contributed by atoms with Crippen molar-refractivity contribution in [3.63, 3.8) is 0 Å². The SMILES string of the molecule is [2H]C1([2H])CCC([2H])([2H])N1C(=O)c1ccc(Cc2cc(-c3c(C)cccc3F)nc3c2C(=O)NC3)cc1. The molecule has 1 N–H and O–H groups in total. The fraction of sp³-hybridized carbons (Fsp3) is 0.269. The number of fused-ring (bicyclic) bond motifs is 1. The van der Waals surface area contributed by atoms with Crippen LogP contribution in [0.5, 0.6) is 0 Å². The molecule has 0 aliphatic carbocycles. The lowest BCUT2D eigenvalue weighted by atomic mass is 9.95. The van der Waals surface area contributed by atoms with Crippen molar-refractivity contribution in [3.8, 4) is 11.3 Å². The summed E-state index contributed by atoms with van der Waals surface area (Å²) in [5, 5.41) is 2.77. The molecule has 1 fully saturated rings. The fourth-order valence-electron chi connectivity index (χ4n) is 4.19. The summed E-state index contributed by atoms with van der Waals surface area (Å²) in [6.07, 6.45) is 0.199. The van der Waals surface area contributed by atoms with Crippen molar-refractivity contribution >= 4 is 11.8 Å². The second-order valence-electron chi connectivity index (χ2n) is 7.93. The molecular weight excluding hydrogens is 405 g/mol. The number of rotatable bonds is 4. The molecule has 0 unspecified atom stereocenters. The fourth-order valence-corrected chi connectivity index (χ4v) is 4.19. The Morgan fingerprint density at radius 3 is 2.62 bits per heavy atom. The van der Waals surface area contributed by atoms with Crippen molar-refractivity contribution in [3.05, 3.63) is 87.9 Å². The molecule has 5 nitrogen and oxygen atoms in total. The number of nitrogens with one attached hydrogen (secondary N) is 1. The van der Waals surface area contributed by atoms with Crippen LogP contribution in [0.2, 0.25) is 0 Å². The number of likely N-dealkylation sites (tertiary alicyclic amines) is 1. The number of benzene rings is 2. The number of amides is 2. The number of hydrogen-bond acceptors (Lipinski definition) is 3. The van der Waals surface area contributed by atoms with Gasteiger partial charge in [0, 0.05) is 29.6 Å². The van der Waals surface area contributed by atoms with Crippen LogP contribution in [0, 0.1) is 12.7 Å². The maximum Gasteiger partial charge on any atom is 0.253 e. The van der Waals surface area contributed by atoms with E-state index in [0.717, 1.165) is 11.1 Å². The quantitative estimate of drug-likeness (QED) is 0.669. The van der Waals surface area contributed by atoms with Gasteiger partial charge in [-0.2, -0.15) is 0 Å². The first kappa shape index (κ1) is 16.1. The van der Waals surface area contributed by atoms with Crippen molar-refractivity contribution in [2.45, 2.75) is 32.7 Å². The second-order valence-corrected chi connectivity index (χ2v) is 7.93. The molecule has 162 valence electrons. The molecule has 3 heterocycles. The molecule has 0 atom stereocenters. The zero-order valence-corrected chi connectivity index (χ0v) is 17.5. The highest BCUT2D eigenvalue weighted by molar-refractivity contribution is 6.00. The lowest BCUT2D eigenvalue weighted by molar-refractivity contribution is 0.0792. The zero-order valence-electron chi connectivity index (χ0n) is 21.5. The molecular formula is C26H24FN3O2. The van der Waals surface area contributed by atoms with Crippen LogP contribution in [0.3, 0.4) is 0 Å². The van der Waals surface area contributed by atoms with E-state index < -0.39 is 24.7 Å². The molecule has 2 aromatic carbocycles. The standard InChI is InChI=1S/C26H24FN3O2/c1-16-5-4-6-20(27)23(16)21-14-19(24-22(29-21)15-28-25(24)31)13-17-7-9-18(10-8-17)26(32)30-11-2-3-12-30/h4-10,14H,2-3,11-13,15H2,1H3,(H,28,31)/i11D2,12D2. The summed E-state index contributed by atoms with van der Waals surface area (Å²) in [5.74, 6) is -1.35. The smallest absolute Gasteiger partial charge is 0.253 e. The number of hydrogen-bond donors (Lipinski definition) is 1. The van der Waals surface area contributed by atoms with Gasteiger partial charge in [0.15, 0.2) is 0 Å². The summed E-state index contributed by atoms with van der Waals surface area (Å²) < 4.78 is 46.8. The molecule has 2 aliphatic rings. The van der Waals surface area contributed by atoms with E-state index in [1.807, 2.05) is 0 Å². The molecule has 5 rings (SSSR count). The van der Waals surface area contributed by atoms with Crippen LogP contribution in [-0.2, 0) is 13.0 Å². The molecule has 2 amide bonds. The number of nitrogens with zero attached hydrogens (tertiary/aromatic N) is 2. The molecule has 0 saturated carbocycles. The summed E-state index contributed by atoms with van der Waals surface area (Å²) in [7, 11) is 0. The summed E-state index contributed by atoms with van der Waals surface area (Å²) in [5.41, 5.74) is 4.22. The summed E-state index contributed by atoms with van der Waals surface area (Å²) in [4.78, 5) is 30.7. The zero-order chi connectivity index (χ0) is 25.8. The monoisotopic (exact) mass is 433 g/mol. The van der Waals surface area contributed by atoms with Gasteiger partial charge in [0.05, 0.1) is 23.5 Å². The number of halogens is 1. The average Bonchev–Trinajstić information content (AvgIpc) is 3.29. The maximum absolute atomic E-state index is 14.7. The summed E-state index contributed by atoms with van der Waals surface area (Å²) in [6.45, 7) is -2.07. The Labute approximate surface area is 191 Å². The third-order valence-corrected chi connectivity index (χ3v) is 5.76. The van der Waals surface area contributed by atoms with Crippen LogP contribution in [0.25, 0.3) is 11.3 Å². The molecule has 32 heavy (non-hydrogen) atoms. The van der Waals surface area contributed by atoms with Crippen molar-refractivity contribution in [1.29, 1.82) is 0 Å². The second kappa shape index (κ2) is 8.19. The van der Waals surface area contributed by atoms with Crippen molar-refractivity contribution < 1.29 is 19.5 Å². The average molecular weight is 434 g/mol.